The van der Waals surface area contributed by atoms with Gasteiger partial charge in [0.25, 0.3) is 0 Å². The number of fused-ring (bicyclic) bond motifs is 1. The molecule has 0 aliphatic carbocycles. The Morgan fingerprint density at radius 3 is 2.48 bits per heavy atom. The van der Waals surface area contributed by atoms with Crippen molar-refractivity contribution in [3.8, 4) is 0 Å². The first-order valence-electron chi connectivity index (χ1n) is 6.88. The molecule has 1 amide bonds. The van der Waals surface area contributed by atoms with E-state index >= 15 is 0 Å². The van der Waals surface area contributed by atoms with Gasteiger partial charge in [-0.1, -0.05) is 53.5 Å². The van der Waals surface area contributed by atoms with Crippen LogP contribution in [-0.2, 0) is 17.8 Å². The molecule has 0 aromatic heterocycles. The van der Waals surface area contributed by atoms with Gasteiger partial charge in [-0.15, -0.1) is 0 Å². The van der Waals surface area contributed by atoms with Crippen LogP contribution in [0.1, 0.15) is 29.7 Å². The Morgan fingerprint density at radius 1 is 1.14 bits per heavy atom. The fraction of sp³-hybridized carbons (Fsp3) is 0.235. The number of nitrogens with zero attached hydrogens (tertiary/aromatic N) is 1. The maximum absolute atomic E-state index is 12.6. The molecule has 0 bridgehead atoms. The van der Waals surface area contributed by atoms with Crippen LogP contribution >= 0.6 is 23.2 Å². The van der Waals surface area contributed by atoms with Crippen LogP contribution in [0.4, 0.5) is 0 Å². The molecule has 0 radical (unpaired) electrons. The minimum absolute atomic E-state index is 0.0497. The van der Waals surface area contributed by atoms with Gasteiger partial charge in [0.05, 0.1) is 12.5 Å². The monoisotopic (exact) mass is 319 g/mol. The molecular formula is C17H15Cl2NO. The van der Waals surface area contributed by atoms with E-state index in [1.54, 1.807) is 18.2 Å². The zero-order chi connectivity index (χ0) is 15.0. The van der Waals surface area contributed by atoms with Gasteiger partial charge in [-0.2, -0.15) is 0 Å². The fourth-order valence-corrected chi connectivity index (χ4v) is 3.36. The van der Waals surface area contributed by atoms with E-state index in [9.17, 15) is 4.79 Å². The van der Waals surface area contributed by atoms with Gasteiger partial charge in [-0.05, 0) is 35.7 Å². The summed E-state index contributed by atoms with van der Waals surface area (Å²) in [6, 6.07) is 13.6. The van der Waals surface area contributed by atoms with Gasteiger partial charge in [-0.25, -0.2) is 0 Å². The third-order valence-corrected chi connectivity index (χ3v) is 4.73. The van der Waals surface area contributed by atoms with E-state index < -0.39 is 0 Å². The smallest absolute Gasteiger partial charge is 0.227 e. The summed E-state index contributed by atoms with van der Waals surface area (Å²) in [5.41, 5.74) is 3.13. The first-order chi connectivity index (χ1) is 10.1. The van der Waals surface area contributed by atoms with E-state index in [1.807, 2.05) is 17.0 Å². The second-order valence-electron chi connectivity index (χ2n) is 5.27. The van der Waals surface area contributed by atoms with E-state index in [2.05, 4.69) is 19.1 Å². The number of hydrogen-bond donors (Lipinski definition) is 0. The highest BCUT2D eigenvalue weighted by molar-refractivity contribution is 6.36. The van der Waals surface area contributed by atoms with E-state index in [0.29, 0.717) is 22.2 Å². The summed E-state index contributed by atoms with van der Waals surface area (Å²) in [4.78, 5) is 14.5. The number of amides is 1. The molecule has 0 saturated heterocycles. The fourth-order valence-electron chi connectivity index (χ4n) is 2.83. The van der Waals surface area contributed by atoms with Crippen molar-refractivity contribution in [3.05, 3.63) is 69.2 Å². The predicted octanol–water partition coefficient (Wildman–Crippen LogP) is 4.64. The summed E-state index contributed by atoms with van der Waals surface area (Å²) in [5, 5.41) is 1.08. The van der Waals surface area contributed by atoms with Crippen molar-refractivity contribution in [3.63, 3.8) is 0 Å². The average Bonchev–Trinajstić information content (AvgIpc) is 2.81. The molecule has 3 rings (SSSR count). The summed E-state index contributed by atoms with van der Waals surface area (Å²) in [7, 11) is 0. The molecule has 0 saturated carbocycles. The Balaban J connectivity index is 1.82. The lowest BCUT2D eigenvalue weighted by atomic mass is 10.1. The van der Waals surface area contributed by atoms with Crippen LogP contribution in [0.25, 0.3) is 0 Å². The molecule has 1 heterocycles. The summed E-state index contributed by atoms with van der Waals surface area (Å²) < 4.78 is 0. The van der Waals surface area contributed by atoms with Crippen LogP contribution in [0.5, 0.6) is 0 Å². The molecule has 2 aromatic carbocycles. The van der Waals surface area contributed by atoms with Gasteiger partial charge in [0, 0.05) is 16.6 Å². The largest absolute Gasteiger partial charge is 0.331 e. The van der Waals surface area contributed by atoms with Gasteiger partial charge in [0.2, 0.25) is 5.91 Å². The van der Waals surface area contributed by atoms with Gasteiger partial charge in [0.1, 0.15) is 0 Å². The quantitative estimate of drug-likeness (QED) is 0.789. The highest BCUT2D eigenvalue weighted by Crippen LogP contribution is 2.34. The topological polar surface area (TPSA) is 20.3 Å². The van der Waals surface area contributed by atoms with Crippen molar-refractivity contribution in [2.45, 2.75) is 25.9 Å². The molecule has 0 fully saturated rings. The number of benzene rings is 2. The highest BCUT2D eigenvalue weighted by atomic mass is 35.5. The second kappa shape index (κ2) is 5.70. The van der Waals surface area contributed by atoms with Crippen LogP contribution < -0.4 is 0 Å². The maximum atomic E-state index is 12.6. The van der Waals surface area contributed by atoms with Crippen molar-refractivity contribution in [2.24, 2.45) is 0 Å². The summed E-state index contributed by atoms with van der Waals surface area (Å²) in [5.74, 6) is 0.0497. The third-order valence-electron chi connectivity index (χ3n) is 4.02. The molecule has 2 aromatic rings. The number of halogens is 2. The van der Waals surface area contributed by atoms with Crippen LogP contribution in [0.15, 0.2) is 42.5 Å². The zero-order valence-corrected chi connectivity index (χ0v) is 13.2. The lowest BCUT2D eigenvalue weighted by Crippen LogP contribution is -2.29. The summed E-state index contributed by atoms with van der Waals surface area (Å²) in [6.45, 7) is 2.70. The SMILES string of the molecule is C[C@@H]1c2ccccc2CN1C(=O)Cc1c(Cl)cccc1Cl. The van der Waals surface area contributed by atoms with E-state index in [0.717, 1.165) is 0 Å². The number of carbonyl (C=O) groups is 1. The molecule has 0 spiro atoms. The molecule has 2 nitrogen and oxygen atoms in total. The van der Waals surface area contributed by atoms with E-state index in [-0.39, 0.29) is 18.4 Å². The minimum atomic E-state index is 0.0497. The maximum Gasteiger partial charge on any atom is 0.227 e. The predicted molar refractivity (Wildman–Crippen MR) is 85.6 cm³/mol. The van der Waals surface area contributed by atoms with Crippen LogP contribution in [-0.4, -0.2) is 10.8 Å². The minimum Gasteiger partial charge on any atom is -0.331 e. The van der Waals surface area contributed by atoms with Gasteiger partial charge >= 0.3 is 0 Å². The van der Waals surface area contributed by atoms with Gasteiger partial charge in [-0.3, -0.25) is 4.79 Å². The summed E-state index contributed by atoms with van der Waals surface area (Å²) >= 11 is 12.3. The van der Waals surface area contributed by atoms with E-state index in [1.165, 1.54) is 11.1 Å². The number of carbonyl (C=O) groups excluding carboxylic acids is 1. The van der Waals surface area contributed by atoms with Crippen LogP contribution in [0, 0.1) is 0 Å². The van der Waals surface area contributed by atoms with Crippen molar-refractivity contribution in [1.82, 2.24) is 4.90 Å². The molecule has 108 valence electrons. The molecule has 4 heteroatoms. The Kier molecular flexibility index (Phi) is 3.92. The first kappa shape index (κ1) is 14.4. The van der Waals surface area contributed by atoms with Crippen molar-refractivity contribution < 1.29 is 4.79 Å². The zero-order valence-electron chi connectivity index (χ0n) is 11.6. The van der Waals surface area contributed by atoms with Crippen LogP contribution in [0.2, 0.25) is 10.0 Å². The van der Waals surface area contributed by atoms with Crippen molar-refractivity contribution in [1.29, 1.82) is 0 Å². The molecule has 0 unspecified atom stereocenters. The molecule has 1 atom stereocenters. The Hall–Kier alpha value is -1.51. The van der Waals surface area contributed by atoms with Gasteiger partial charge < -0.3 is 4.90 Å². The normalized spacial score (nSPS) is 16.9. The highest BCUT2D eigenvalue weighted by Gasteiger charge is 2.30. The lowest BCUT2D eigenvalue weighted by Gasteiger charge is -2.22. The van der Waals surface area contributed by atoms with Gasteiger partial charge in [0.15, 0.2) is 0 Å². The van der Waals surface area contributed by atoms with E-state index in [4.69, 9.17) is 23.2 Å². The summed E-state index contributed by atoms with van der Waals surface area (Å²) in [6.07, 6.45) is 0.233. The number of rotatable bonds is 2. The standard InChI is InChI=1S/C17H15Cl2NO/c1-11-13-6-3-2-5-12(13)10-20(11)17(21)9-14-15(18)7-4-8-16(14)19/h2-8,11H,9-10H2,1H3/t11-/m1/s1. The van der Waals surface area contributed by atoms with Crippen LogP contribution in [0.3, 0.4) is 0 Å². The van der Waals surface area contributed by atoms with Crippen molar-refractivity contribution >= 4 is 29.1 Å². The molecule has 21 heavy (non-hydrogen) atoms. The Bertz CT molecular complexity index is 679. The van der Waals surface area contributed by atoms with Crippen molar-refractivity contribution in [2.75, 3.05) is 0 Å². The Labute approximate surface area is 134 Å². The molecular weight excluding hydrogens is 305 g/mol. The molecule has 1 aliphatic rings. The second-order valence-corrected chi connectivity index (χ2v) is 6.09. The molecule has 1 aliphatic heterocycles. The average molecular weight is 320 g/mol. The lowest BCUT2D eigenvalue weighted by molar-refractivity contribution is -0.132. The molecule has 0 N–H and O–H groups in total. The Morgan fingerprint density at radius 2 is 1.81 bits per heavy atom. The first-order valence-corrected chi connectivity index (χ1v) is 7.63. The third kappa shape index (κ3) is 2.66. The number of hydrogen-bond acceptors (Lipinski definition) is 1.